The second-order valence-corrected chi connectivity index (χ2v) is 8.32. The van der Waals surface area contributed by atoms with Crippen LogP contribution in [0.3, 0.4) is 0 Å². The van der Waals surface area contributed by atoms with E-state index in [1.165, 1.54) is 23.8 Å². The van der Waals surface area contributed by atoms with E-state index in [9.17, 15) is 4.79 Å². The normalized spacial score (nSPS) is 18.0. The van der Waals surface area contributed by atoms with Crippen LogP contribution in [0.1, 0.15) is 42.9 Å². The first-order valence-corrected chi connectivity index (χ1v) is 10.3. The molecule has 0 atom stereocenters. The molecule has 1 saturated carbocycles. The molecule has 2 fully saturated rings. The highest BCUT2D eigenvalue weighted by atomic mass is 16.1. The fraction of sp³-hybridized carbons (Fsp3) is 0.435. The molecule has 0 unspecified atom stereocenters. The number of pyridine rings is 1. The maximum atomic E-state index is 12.4. The smallest absolute Gasteiger partial charge is 0.253 e. The predicted octanol–water partition coefficient (Wildman–Crippen LogP) is 3.89. The molecule has 5 heteroatoms. The lowest BCUT2D eigenvalue weighted by Gasteiger charge is -2.33. The Bertz CT molecular complexity index is 1060. The van der Waals surface area contributed by atoms with E-state index in [4.69, 9.17) is 4.98 Å². The van der Waals surface area contributed by atoms with Gasteiger partial charge in [-0.1, -0.05) is 18.2 Å². The topological polar surface area (TPSA) is 51.0 Å². The third kappa shape index (κ3) is 3.41. The number of para-hydroxylation sites is 1. The van der Waals surface area contributed by atoms with Gasteiger partial charge < -0.3 is 4.90 Å². The van der Waals surface area contributed by atoms with Crippen molar-refractivity contribution >= 4 is 16.7 Å². The number of hydrogen-bond acceptors (Lipinski definition) is 4. The van der Waals surface area contributed by atoms with E-state index in [0.717, 1.165) is 49.5 Å². The molecule has 1 aromatic carbocycles. The van der Waals surface area contributed by atoms with Crippen LogP contribution in [0.2, 0.25) is 0 Å². The van der Waals surface area contributed by atoms with Gasteiger partial charge in [-0.2, -0.15) is 0 Å². The average Bonchev–Trinajstić information content (AvgIpc) is 3.55. The second kappa shape index (κ2) is 7.04. The van der Waals surface area contributed by atoms with Gasteiger partial charge in [0.1, 0.15) is 5.82 Å². The third-order valence-electron chi connectivity index (χ3n) is 6.20. The van der Waals surface area contributed by atoms with Gasteiger partial charge in [-0.15, -0.1) is 0 Å². The zero-order valence-electron chi connectivity index (χ0n) is 16.3. The molecule has 1 aliphatic heterocycles. The molecule has 3 heterocycles. The first kappa shape index (κ1) is 17.4. The van der Waals surface area contributed by atoms with Gasteiger partial charge in [0.15, 0.2) is 0 Å². The Morgan fingerprint density at radius 1 is 1.07 bits per heavy atom. The van der Waals surface area contributed by atoms with Gasteiger partial charge in [-0.3, -0.25) is 9.36 Å². The van der Waals surface area contributed by atoms with Crippen LogP contribution >= 0.6 is 0 Å². The minimum atomic E-state index is 0.103. The molecular weight excluding hydrogens is 348 g/mol. The number of anilines is 1. The number of hydrogen-bond donors (Lipinski definition) is 0. The molecule has 0 radical (unpaired) electrons. The summed E-state index contributed by atoms with van der Waals surface area (Å²) in [6.45, 7) is 4.90. The molecule has 2 aliphatic rings. The van der Waals surface area contributed by atoms with E-state index in [1.807, 2.05) is 6.07 Å². The molecule has 144 valence electrons. The van der Waals surface area contributed by atoms with Gasteiger partial charge in [-0.05, 0) is 56.2 Å². The highest BCUT2D eigenvalue weighted by Gasteiger charge is 2.26. The lowest BCUT2D eigenvalue weighted by atomic mass is 9.96. The Kier molecular flexibility index (Phi) is 4.38. The molecule has 5 rings (SSSR count). The number of rotatable bonds is 4. The average molecular weight is 374 g/mol. The Labute approximate surface area is 165 Å². The number of piperidine rings is 1. The van der Waals surface area contributed by atoms with Gasteiger partial charge in [0, 0.05) is 37.0 Å². The molecule has 28 heavy (non-hydrogen) atoms. The monoisotopic (exact) mass is 374 g/mol. The summed E-state index contributed by atoms with van der Waals surface area (Å²) in [5, 5.41) is 1.22. The van der Waals surface area contributed by atoms with Crippen LogP contribution in [-0.2, 0) is 6.54 Å². The van der Waals surface area contributed by atoms with Crippen molar-refractivity contribution in [3.63, 3.8) is 0 Å². The summed E-state index contributed by atoms with van der Waals surface area (Å²) >= 11 is 0. The van der Waals surface area contributed by atoms with E-state index in [0.29, 0.717) is 11.8 Å². The Morgan fingerprint density at radius 2 is 1.86 bits per heavy atom. The highest BCUT2D eigenvalue weighted by Crippen LogP contribution is 2.38. The number of aromatic nitrogens is 3. The zero-order valence-corrected chi connectivity index (χ0v) is 16.3. The predicted molar refractivity (Wildman–Crippen MR) is 112 cm³/mol. The Morgan fingerprint density at radius 3 is 2.61 bits per heavy atom. The SMILES string of the molecule is Cc1cc(N2CCC(Cn3cnc(C4CC4)cc3=O)CC2)nc2ccccc12. The minimum Gasteiger partial charge on any atom is -0.357 e. The van der Waals surface area contributed by atoms with Crippen LogP contribution in [0.4, 0.5) is 5.82 Å². The van der Waals surface area contributed by atoms with Crippen LogP contribution in [0.25, 0.3) is 10.9 Å². The first-order valence-electron chi connectivity index (χ1n) is 10.3. The van der Waals surface area contributed by atoms with Crippen LogP contribution in [0.5, 0.6) is 0 Å². The van der Waals surface area contributed by atoms with Crippen molar-refractivity contribution in [2.75, 3.05) is 18.0 Å². The zero-order chi connectivity index (χ0) is 19.1. The summed E-state index contributed by atoms with van der Waals surface area (Å²) in [4.78, 5) is 24.2. The first-order chi connectivity index (χ1) is 13.7. The van der Waals surface area contributed by atoms with Crippen molar-refractivity contribution in [2.24, 2.45) is 5.92 Å². The Balaban J connectivity index is 1.26. The van der Waals surface area contributed by atoms with E-state index < -0.39 is 0 Å². The van der Waals surface area contributed by atoms with Gasteiger partial charge in [0.2, 0.25) is 0 Å². The molecule has 0 bridgehead atoms. The maximum absolute atomic E-state index is 12.4. The molecule has 5 nitrogen and oxygen atoms in total. The number of benzene rings is 1. The highest BCUT2D eigenvalue weighted by molar-refractivity contribution is 5.83. The summed E-state index contributed by atoms with van der Waals surface area (Å²) in [5.41, 5.74) is 3.42. The van der Waals surface area contributed by atoms with Gasteiger partial charge >= 0.3 is 0 Å². The number of fused-ring (bicyclic) bond motifs is 1. The summed E-state index contributed by atoms with van der Waals surface area (Å²) < 4.78 is 1.80. The van der Waals surface area contributed by atoms with Crippen LogP contribution in [-0.4, -0.2) is 27.6 Å². The standard InChI is InChI=1S/C23H26N4O/c1-16-12-22(25-20-5-3-2-4-19(16)20)26-10-8-17(9-11-26)14-27-15-24-21(13-23(27)28)18-6-7-18/h2-5,12-13,15,17-18H,6-11,14H2,1H3. The molecular formula is C23H26N4O. The van der Waals surface area contributed by atoms with Gasteiger partial charge in [-0.25, -0.2) is 9.97 Å². The lowest BCUT2D eigenvalue weighted by molar-refractivity contribution is 0.350. The Hall–Kier alpha value is -2.69. The lowest BCUT2D eigenvalue weighted by Crippen LogP contribution is -2.36. The van der Waals surface area contributed by atoms with Crippen molar-refractivity contribution in [2.45, 2.75) is 45.1 Å². The molecule has 3 aromatic rings. The number of nitrogens with zero attached hydrogens (tertiary/aromatic N) is 4. The van der Waals surface area contributed by atoms with Crippen molar-refractivity contribution < 1.29 is 0 Å². The molecule has 0 spiro atoms. The van der Waals surface area contributed by atoms with Crippen LogP contribution in [0.15, 0.2) is 47.5 Å². The minimum absolute atomic E-state index is 0.103. The van der Waals surface area contributed by atoms with Crippen LogP contribution < -0.4 is 10.5 Å². The summed E-state index contributed by atoms with van der Waals surface area (Å²) in [6.07, 6.45) is 6.26. The second-order valence-electron chi connectivity index (χ2n) is 8.32. The van der Waals surface area contributed by atoms with E-state index in [-0.39, 0.29) is 5.56 Å². The summed E-state index contributed by atoms with van der Waals surface area (Å²) in [6, 6.07) is 12.3. The van der Waals surface area contributed by atoms with E-state index >= 15 is 0 Å². The molecule has 2 aromatic heterocycles. The quantitative estimate of drug-likeness (QED) is 0.695. The fourth-order valence-corrected chi connectivity index (χ4v) is 4.30. The van der Waals surface area contributed by atoms with E-state index in [2.05, 4.69) is 41.1 Å². The van der Waals surface area contributed by atoms with Crippen molar-refractivity contribution in [1.29, 1.82) is 0 Å². The fourth-order valence-electron chi connectivity index (χ4n) is 4.30. The molecule has 1 aliphatic carbocycles. The van der Waals surface area contributed by atoms with Gasteiger partial charge in [0.25, 0.3) is 5.56 Å². The molecule has 0 N–H and O–H groups in total. The maximum Gasteiger partial charge on any atom is 0.253 e. The molecule has 1 saturated heterocycles. The summed E-state index contributed by atoms with van der Waals surface area (Å²) in [5.74, 6) is 2.12. The third-order valence-corrected chi connectivity index (χ3v) is 6.20. The number of aryl methyl sites for hydroxylation is 1. The molecule has 0 amide bonds. The van der Waals surface area contributed by atoms with Crippen LogP contribution in [0, 0.1) is 12.8 Å². The van der Waals surface area contributed by atoms with Crippen molar-refractivity contribution in [3.05, 3.63) is 64.3 Å². The largest absolute Gasteiger partial charge is 0.357 e. The van der Waals surface area contributed by atoms with Crippen molar-refractivity contribution in [3.8, 4) is 0 Å². The summed E-state index contributed by atoms with van der Waals surface area (Å²) in [7, 11) is 0. The van der Waals surface area contributed by atoms with Crippen molar-refractivity contribution in [1.82, 2.24) is 14.5 Å². The van der Waals surface area contributed by atoms with E-state index in [1.54, 1.807) is 17.0 Å². The van der Waals surface area contributed by atoms with Gasteiger partial charge in [0.05, 0.1) is 17.5 Å².